The van der Waals surface area contributed by atoms with E-state index in [2.05, 4.69) is 30.9 Å². The predicted octanol–water partition coefficient (Wildman–Crippen LogP) is 3.45. The second kappa shape index (κ2) is 10.2. The van der Waals surface area contributed by atoms with Gasteiger partial charge in [0.25, 0.3) is 0 Å². The Hall–Kier alpha value is -3.12. The van der Waals surface area contributed by atoms with E-state index in [9.17, 15) is 17.6 Å². The highest BCUT2D eigenvalue weighted by atomic mass is 32.2. The number of nitrogens with zero attached hydrogens (tertiary/aromatic N) is 3. The lowest BCUT2D eigenvalue weighted by atomic mass is 10.0. The van der Waals surface area contributed by atoms with Gasteiger partial charge in [-0.2, -0.15) is 0 Å². The first-order valence-corrected chi connectivity index (χ1v) is 12.9. The van der Waals surface area contributed by atoms with Crippen LogP contribution in [-0.4, -0.2) is 48.2 Å². The number of hydrogen-bond acceptors (Lipinski definition) is 8. The number of nitrogens with one attached hydrogen (secondary N) is 3. The van der Waals surface area contributed by atoms with Crippen molar-refractivity contribution in [3.05, 3.63) is 41.8 Å². The second-order valence-electron chi connectivity index (χ2n) is 7.54. The van der Waals surface area contributed by atoms with Gasteiger partial charge in [-0.1, -0.05) is 11.3 Å². The minimum Gasteiger partial charge on any atom is -0.359 e. The van der Waals surface area contributed by atoms with Gasteiger partial charge in [0.05, 0.1) is 16.3 Å². The molecule has 12 heteroatoms. The third-order valence-electron chi connectivity index (χ3n) is 4.33. The maximum atomic E-state index is 14.0. The number of benzene rings is 1. The Morgan fingerprint density at radius 2 is 1.88 bits per heavy atom. The average Bonchev–Trinajstić information content (AvgIpc) is 3.19. The van der Waals surface area contributed by atoms with Crippen LogP contribution in [0.2, 0.25) is 0 Å². The summed E-state index contributed by atoms with van der Waals surface area (Å²) >= 11 is 1.33. The van der Waals surface area contributed by atoms with Crippen molar-refractivity contribution < 1.29 is 17.6 Å². The molecule has 0 aliphatic rings. The summed E-state index contributed by atoms with van der Waals surface area (Å²) in [7, 11) is -3.74. The number of halogens is 1. The quantitative estimate of drug-likeness (QED) is 0.411. The predicted molar refractivity (Wildman–Crippen MR) is 126 cm³/mol. The number of thiazole rings is 1. The van der Waals surface area contributed by atoms with E-state index >= 15 is 0 Å². The number of rotatable bonds is 8. The molecule has 33 heavy (non-hydrogen) atoms. The zero-order valence-electron chi connectivity index (χ0n) is 18.6. The van der Waals surface area contributed by atoms with Gasteiger partial charge in [0, 0.05) is 37.1 Å². The van der Waals surface area contributed by atoms with E-state index in [0.717, 1.165) is 6.26 Å². The van der Waals surface area contributed by atoms with Crippen molar-refractivity contribution >= 4 is 32.3 Å². The molecule has 3 aromatic rings. The summed E-state index contributed by atoms with van der Waals surface area (Å²) < 4.78 is 38.6. The largest absolute Gasteiger partial charge is 0.359 e. The van der Waals surface area contributed by atoms with Crippen LogP contribution in [0, 0.1) is 5.82 Å². The van der Waals surface area contributed by atoms with Crippen LogP contribution in [0.3, 0.4) is 0 Å². The number of amides is 2. The molecule has 0 saturated carbocycles. The van der Waals surface area contributed by atoms with Crippen molar-refractivity contribution in [1.82, 2.24) is 25.6 Å². The van der Waals surface area contributed by atoms with Crippen LogP contribution in [0.4, 0.5) is 14.3 Å². The van der Waals surface area contributed by atoms with Gasteiger partial charge >= 0.3 is 6.03 Å². The molecule has 3 rings (SSSR count). The van der Waals surface area contributed by atoms with Gasteiger partial charge in [-0.3, -0.25) is 0 Å². The number of aromatic nitrogens is 3. The zero-order chi connectivity index (χ0) is 24.2. The molecule has 0 bridgehead atoms. The van der Waals surface area contributed by atoms with Crippen LogP contribution in [0.15, 0.2) is 35.6 Å². The number of anilines is 1. The van der Waals surface area contributed by atoms with Crippen LogP contribution in [0.1, 0.15) is 26.3 Å². The molecule has 9 nitrogen and oxygen atoms in total. The van der Waals surface area contributed by atoms with Gasteiger partial charge in [-0.15, -0.1) is 0 Å². The zero-order valence-corrected chi connectivity index (χ0v) is 20.3. The Kier molecular flexibility index (Phi) is 7.59. The van der Waals surface area contributed by atoms with Crippen molar-refractivity contribution in [2.75, 3.05) is 18.1 Å². The van der Waals surface area contributed by atoms with Crippen LogP contribution in [0.5, 0.6) is 0 Å². The lowest BCUT2D eigenvalue weighted by Gasteiger charge is -2.13. The van der Waals surface area contributed by atoms with Crippen LogP contribution in [0.25, 0.3) is 21.8 Å². The first-order chi connectivity index (χ1) is 15.6. The lowest BCUT2D eigenvalue weighted by Crippen LogP contribution is -2.34. The highest BCUT2D eigenvalue weighted by molar-refractivity contribution is 7.90. The highest BCUT2D eigenvalue weighted by Crippen LogP contribution is 2.32. The summed E-state index contributed by atoms with van der Waals surface area (Å²) in [5.41, 5.74) is 1.59. The van der Waals surface area contributed by atoms with Gasteiger partial charge in [0.1, 0.15) is 5.82 Å². The van der Waals surface area contributed by atoms with Crippen molar-refractivity contribution in [3.8, 4) is 21.8 Å². The highest BCUT2D eigenvalue weighted by Gasteiger charge is 2.19. The average molecular weight is 493 g/mol. The molecule has 176 valence electrons. The topological polar surface area (TPSA) is 126 Å². The normalized spacial score (nSPS) is 11.5. The Morgan fingerprint density at radius 3 is 2.55 bits per heavy atom. The molecule has 0 unspecified atom stereocenters. The minimum atomic E-state index is -3.74. The molecular formula is C21H25FN6O3S2. The van der Waals surface area contributed by atoms with E-state index in [0.29, 0.717) is 39.1 Å². The van der Waals surface area contributed by atoms with Gasteiger partial charge in [-0.25, -0.2) is 32.6 Å². The summed E-state index contributed by atoms with van der Waals surface area (Å²) in [4.78, 5) is 25.2. The Balaban J connectivity index is 2.08. The Morgan fingerprint density at radius 1 is 1.15 bits per heavy atom. The van der Waals surface area contributed by atoms with Crippen LogP contribution < -0.4 is 16.0 Å². The van der Waals surface area contributed by atoms with E-state index in [1.807, 2.05) is 13.8 Å². The SMILES string of the molecule is CCNC(=O)NCc1cc(F)ccc1-c1cc(-c2cnc(NC(C)C)s2)nc(S(C)(=O)=O)n1. The van der Waals surface area contributed by atoms with Gasteiger partial charge in [-0.05, 0) is 50.6 Å². The maximum Gasteiger partial charge on any atom is 0.315 e. The Bertz CT molecular complexity index is 1260. The molecule has 0 aliphatic heterocycles. The molecule has 0 spiro atoms. The molecular weight excluding hydrogens is 467 g/mol. The number of urea groups is 1. The third-order valence-corrected chi connectivity index (χ3v) is 6.12. The van der Waals surface area contributed by atoms with Gasteiger partial charge in [0.2, 0.25) is 15.0 Å². The molecule has 3 N–H and O–H groups in total. The van der Waals surface area contributed by atoms with E-state index in [1.165, 1.54) is 29.5 Å². The van der Waals surface area contributed by atoms with Gasteiger partial charge < -0.3 is 16.0 Å². The summed E-state index contributed by atoms with van der Waals surface area (Å²) in [5, 5.41) is 8.78. The Labute approximate surface area is 195 Å². The number of carbonyl (C=O) groups excluding carboxylic acids is 1. The fourth-order valence-electron chi connectivity index (χ4n) is 2.92. The van der Waals surface area contributed by atoms with E-state index in [-0.39, 0.29) is 17.7 Å². The lowest BCUT2D eigenvalue weighted by molar-refractivity contribution is 0.241. The summed E-state index contributed by atoms with van der Waals surface area (Å²) in [5.74, 6) is -0.490. The second-order valence-corrected chi connectivity index (χ2v) is 10.5. The molecule has 0 fully saturated rings. The van der Waals surface area contributed by atoms with Crippen LogP contribution >= 0.6 is 11.3 Å². The van der Waals surface area contributed by atoms with Crippen molar-refractivity contribution in [2.24, 2.45) is 0 Å². The number of carbonyl (C=O) groups is 1. The van der Waals surface area contributed by atoms with Crippen molar-refractivity contribution in [2.45, 2.75) is 38.5 Å². The summed E-state index contributed by atoms with van der Waals surface area (Å²) in [6.45, 7) is 6.21. The molecule has 0 atom stereocenters. The summed E-state index contributed by atoms with van der Waals surface area (Å²) in [6.07, 6.45) is 2.63. The van der Waals surface area contributed by atoms with Crippen molar-refractivity contribution in [1.29, 1.82) is 0 Å². The smallest absolute Gasteiger partial charge is 0.315 e. The minimum absolute atomic E-state index is 0.0233. The molecule has 2 amide bonds. The third kappa shape index (κ3) is 6.45. The number of hydrogen-bond donors (Lipinski definition) is 3. The standard InChI is InChI=1S/C21H25FN6O3S2/c1-5-23-19(29)24-10-13-8-14(22)6-7-15(13)16-9-17(28-21(27-16)33(4,30)31)18-11-25-20(32-18)26-12(2)3/h6-9,11-12H,5,10H2,1-4H3,(H,25,26)(H2,23,24,29). The summed E-state index contributed by atoms with van der Waals surface area (Å²) in [6, 6.07) is 5.44. The fraction of sp³-hybridized carbons (Fsp3) is 0.333. The fourth-order valence-corrected chi connectivity index (χ4v) is 4.37. The van der Waals surface area contributed by atoms with E-state index < -0.39 is 21.7 Å². The van der Waals surface area contributed by atoms with Crippen molar-refractivity contribution in [3.63, 3.8) is 0 Å². The van der Waals surface area contributed by atoms with E-state index in [4.69, 9.17) is 0 Å². The first-order valence-electron chi connectivity index (χ1n) is 10.2. The maximum absolute atomic E-state index is 14.0. The molecule has 1 aromatic carbocycles. The molecule has 0 radical (unpaired) electrons. The first kappa shape index (κ1) is 24.5. The van der Waals surface area contributed by atoms with E-state index in [1.54, 1.807) is 19.2 Å². The molecule has 2 aromatic heterocycles. The molecule has 0 aliphatic carbocycles. The monoisotopic (exact) mass is 492 g/mol. The number of sulfone groups is 1. The molecule has 0 saturated heterocycles. The van der Waals surface area contributed by atoms with Crippen LogP contribution in [-0.2, 0) is 16.4 Å². The molecule has 2 heterocycles. The van der Waals surface area contributed by atoms with Gasteiger partial charge in [0.15, 0.2) is 5.13 Å².